The molecule has 0 fully saturated rings. The maximum atomic E-state index is 11.5. The first-order chi connectivity index (χ1) is 8.78. The molecular weight excluding hydrogens is 244 g/mol. The van der Waals surface area contributed by atoms with Crippen LogP contribution in [0.5, 0.6) is 11.5 Å². The maximum absolute atomic E-state index is 11.5. The first-order valence-corrected chi connectivity index (χ1v) is 6.30. The molecule has 0 saturated carbocycles. The summed E-state index contributed by atoms with van der Waals surface area (Å²) in [6.07, 6.45) is 0.385. The van der Waals surface area contributed by atoms with Crippen LogP contribution in [0.15, 0.2) is 18.2 Å². The number of nitrogens with one attached hydrogen (secondary N) is 2. The van der Waals surface area contributed by atoms with E-state index in [1.807, 2.05) is 20.8 Å². The van der Waals surface area contributed by atoms with Crippen molar-refractivity contribution in [1.82, 2.24) is 10.6 Å². The van der Waals surface area contributed by atoms with Crippen LogP contribution in [-0.4, -0.2) is 28.2 Å². The van der Waals surface area contributed by atoms with Gasteiger partial charge in [0, 0.05) is 36.7 Å². The normalized spacial score (nSPS) is 11.3. The van der Waals surface area contributed by atoms with Gasteiger partial charge in [0.1, 0.15) is 11.5 Å². The van der Waals surface area contributed by atoms with Gasteiger partial charge in [-0.25, -0.2) is 0 Å². The fourth-order valence-electron chi connectivity index (χ4n) is 1.61. The summed E-state index contributed by atoms with van der Waals surface area (Å²) >= 11 is 0. The molecule has 5 heteroatoms. The van der Waals surface area contributed by atoms with Crippen LogP contribution in [0.2, 0.25) is 0 Å². The predicted molar refractivity (Wildman–Crippen MR) is 74.0 cm³/mol. The average molecular weight is 266 g/mol. The molecule has 0 aliphatic carbocycles. The zero-order valence-corrected chi connectivity index (χ0v) is 11.7. The molecule has 19 heavy (non-hydrogen) atoms. The van der Waals surface area contributed by atoms with Gasteiger partial charge in [-0.15, -0.1) is 0 Å². The highest BCUT2D eigenvalue weighted by Gasteiger charge is 2.12. The van der Waals surface area contributed by atoms with Crippen molar-refractivity contribution in [2.45, 2.75) is 39.3 Å². The molecule has 0 heterocycles. The minimum absolute atomic E-state index is 0.00470. The summed E-state index contributed by atoms with van der Waals surface area (Å²) in [7, 11) is 0. The van der Waals surface area contributed by atoms with Gasteiger partial charge in [-0.05, 0) is 26.8 Å². The van der Waals surface area contributed by atoms with Crippen molar-refractivity contribution in [2.75, 3.05) is 6.54 Å². The summed E-state index contributed by atoms with van der Waals surface area (Å²) < 4.78 is 0. The molecule has 0 saturated heterocycles. The molecule has 0 atom stereocenters. The monoisotopic (exact) mass is 266 g/mol. The maximum Gasteiger partial charge on any atom is 0.221 e. The molecule has 5 nitrogen and oxygen atoms in total. The topological polar surface area (TPSA) is 81.6 Å². The third-order valence-corrected chi connectivity index (χ3v) is 2.43. The molecule has 4 N–H and O–H groups in total. The average Bonchev–Trinajstić information content (AvgIpc) is 2.24. The number of phenols is 2. The number of rotatable bonds is 5. The van der Waals surface area contributed by atoms with E-state index in [0.717, 1.165) is 0 Å². The number of benzene rings is 1. The van der Waals surface area contributed by atoms with Crippen LogP contribution in [0.3, 0.4) is 0 Å². The number of carbonyl (C=O) groups is 1. The van der Waals surface area contributed by atoms with Crippen LogP contribution in [-0.2, 0) is 11.3 Å². The summed E-state index contributed by atoms with van der Waals surface area (Å²) in [5.41, 5.74) is 0.473. The van der Waals surface area contributed by atoms with E-state index in [2.05, 4.69) is 10.6 Å². The lowest BCUT2D eigenvalue weighted by atomic mass is 10.1. The molecule has 0 spiro atoms. The molecule has 1 aromatic carbocycles. The second-order valence-corrected chi connectivity index (χ2v) is 5.54. The van der Waals surface area contributed by atoms with Crippen molar-refractivity contribution in [3.05, 3.63) is 23.8 Å². The van der Waals surface area contributed by atoms with Crippen molar-refractivity contribution in [3.8, 4) is 11.5 Å². The van der Waals surface area contributed by atoms with Crippen LogP contribution in [0.4, 0.5) is 0 Å². The van der Waals surface area contributed by atoms with Gasteiger partial charge in [-0.2, -0.15) is 0 Å². The SMILES string of the molecule is CC(C)(C)NC(=O)CCNCc1ccc(O)cc1O. The van der Waals surface area contributed by atoms with Crippen LogP contribution in [0.25, 0.3) is 0 Å². The third-order valence-electron chi connectivity index (χ3n) is 2.43. The van der Waals surface area contributed by atoms with E-state index in [0.29, 0.717) is 25.1 Å². The molecule has 0 aliphatic heterocycles. The Balaban J connectivity index is 2.29. The van der Waals surface area contributed by atoms with Gasteiger partial charge in [0.15, 0.2) is 0 Å². The van der Waals surface area contributed by atoms with Crippen LogP contribution < -0.4 is 10.6 Å². The Bertz CT molecular complexity index is 439. The Hall–Kier alpha value is -1.75. The lowest BCUT2D eigenvalue weighted by molar-refractivity contribution is -0.122. The van der Waals surface area contributed by atoms with E-state index in [1.54, 1.807) is 6.07 Å². The summed E-state index contributed by atoms with van der Waals surface area (Å²) in [6.45, 7) is 6.80. The van der Waals surface area contributed by atoms with Gasteiger partial charge < -0.3 is 20.8 Å². The highest BCUT2D eigenvalue weighted by Crippen LogP contribution is 2.22. The Morgan fingerprint density at radius 3 is 2.53 bits per heavy atom. The summed E-state index contributed by atoms with van der Waals surface area (Å²) in [5.74, 6) is 0.0763. The first-order valence-electron chi connectivity index (χ1n) is 6.30. The van der Waals surface area contributed by atoms with Gasteiger partial charge in [-0.1, -0.05) is 6.07 Å². The lowest BCUT2D eigenvalue weighted by Gasteiger charge is -2.20. The number of hydrogen-bond donors (Lipinski definition) is 4. The minimum Gasteiger partial charge on any atom is -0.508 e. The van der Waals surface area contributed by atoms with Crippen molar-refractivity contribution >= 4 is 5.91 Å². The van der Waals surface area contributed by atoms with Crippen molar-refractivity contribution < 1.29 is 15.0 Å². The van der Waals surface area contributed by atoms with Crippen molar-refractivity contribution in [2.24, 2.45) is 0 Å². The third kappa shape index (κ3) is 6.10. The summed E-state index contributed by atoms with van der Waals surface area (Å²) in [5, 5.41) is 24.7. The first kappa shape index (κ1) is 15.3. The van der Waals surface area contributed by atoms with E-state index in [9.17, 15) is 9.90 Å². The zero-order chi connectivity index (χ0) is 14.5. The van der Waals surface area contributed by atoms with Crippen LogP contribution in [0, 0.1) is 0 Å². The standard InChI is InChI=1S/C14H22N2O3/c1-14(2,3)16-13(19)6-7-15-9-10-4-5-11(17)8-12(10)18/h4-5,8,15,17-18H,6-7,9H2,1-3H3,(H,16,19). The van der Waals surface area contributed by atoms with Crippen LogP contribution in [0.1, 0.15) is 32.8 Å². The molecule has 0 radical (unpaired) electrons. The second kappa shape index (κ2) is 6.43. The van der Waals surface area contributed by atoms with Crippen molar-refractivity contribution in [1.29, 1.82) is 0 Å². The number of amides is 1. The smallest absolute Gasteiger partial charge is 0.221 e. The van der Waals surface area contributed by atoms with Crippen LogP contribution >= 0.6 is 0 Å². The van der Waals surface area contributed by atoms with E-state index in [4.69, 9.17) is 5.11 Å². The molecule has 0 aliphatic rings. The summed E-state index contributed by atoms with van der Waals surface area (Å²) in [4.78, 5) is 11.5. The van der Waals surface area contributed by atoms with Gasteiger partial charge >= 0.3 is 0 Å². The molecule has 0 bridgehead atoms. The predicted octanol–water partition coefficient (Wildman–Crippen LogP) is 1.49. The summed E-state index contributed by atoms with van der Waals surface area (Å²) in [6, 6.07) is 4.46. The molecular formula is C14H22N2O3. The fourth-order valence-corrected chi connectivity index (χ4v) is 1.61. The number of phenolic OH excluding ortho intramolecular Hbond substituents is 2. The largest absolute Gasteiger partial charge is 0.508 e. The fraction of sp³-hybridized carbons (Fsp3) is 0.500. The zero-order valence-electron chi connectivity index (χ0n) is 11.7. The Labute approximate surface area is 113 Å². The highest BCUT2D eigenvalue weighted by atomic mass is 16.3. The van der Waals surface area contributed by atoms with E-state index in [1.165, 1.54) is 12.1 Å². The Morgan fingerprint density at radius 1 is 1.26 bits per heavy atom. The number of aromatic hydroxyl groups is 2. The van der Waals surface area contributed by atoms with E-state index < -0.39 is 0 Å². The molecule has 106 valence electrons. The van der Waals surface area contributed by atoms with Crippen molar-refractivity contribution in [3.63, 3.8) is 0 Å². The molecule has 1 aromatic rings. The quantitative estimate of drug-likeness (QED) is 0.609. The number of carbonyl (C=O) groups excluding carboxylic acids is 1. The number of hydrogen-bond acceptors (Lipinski definition) is 4. The molecule has 1 amide bonds. The van der Waals surface area contributed by atoms with Gasteiger partial charge in [0.2, 0.25) is 5.91 Å². The second-order valence-electron chi connectivity index (χ2n) is 5.54. The molecule has 1 rings (SSSR count). The highest BCUT2D eigenvalue weighted by molar-refractivity contribution is 5.76. The lowest BCUT2D eigenvalue weighted by Crippen LogP contribution is -2.41. The Kier molecular flexibility index (Phi) is 5.18. The minimum atomic E-state index is -0.216. The molecule has 0 aromatic heterocycles. The van der Waals surface area contributed by atoms with E-state index >= 15 is 0 Å². The van der Waals surface area contributed by atoms with Gasteiger partial charge in [0.05, 0.1) is 0 Å². The Morgan fingerprint density at radius 2 is 1.95 bits per heavy atom. The molecule has 0 unspecified atom stereocenters. The van der Waals surface area contributed by atoms with E-state index in [-0.39, 0.29) is 22.9 Å². The van der Waals surface area contributed by atoms with Gasteiger partial charge in [-0.3, -0.25) is 4.79 Å². The van der Waals surface area contributed by atoms with Gasteiger partial charge in [0.25, 0.3) is 0 Å².